The Morgan fingerprint density at radius 1 is 1.03 bits per heavy atom. The summed E-state index contributed by atoms with van der Waals surface area (Å²) in [5, 5.41) is 23.0. The highest BCUT2D eigenvalue weighted by Gasteiger charge is 2.17. The summed E-state index contributed by atoms with van der Waals surface area (Å²) in [5.74, 6) is 0.620. The number of aryl methyl sites for hydroxylation is 1. The largest absolute Gasteiger partial charge is 0.507 e. The van der Waals surface area contributed by atoms with Gasteiger partial charge in [0.1, 0.15) is 5.75 Å². The zero-order chi connectivity index (χ0) is 22.3. The molecule has 8 heteroatoms. The van der Waals surface area contributed by atoms with Gasteiger partial charge >= 0.3 is 0 Å². The van der Waals surface area contributed by atoms with E-state index in [1.165, 1.54) is 18.0 Å². The van der Waals surface area contributed by atoms with E-state index in [9.17, 15) is 9.90 Å². The van der Waals surface area contributed by atoms with Crippen LogP contribution in [0.15, 0.2) is 89.1 Å². The quantitative estimate of drug-likeness (QED) is 0.254. The van der Waals surface area contributed by atoms with Crippen LogP contribution in [0.25, 0.3) is 17.1 Å². The molecule has 0 spiro atoms. The van der Waals surface area contributed by atoms with Gasteiger partial charge in [-0.05, 0) is 31.2 Å². The predicted molar refractivity (Wildman–Crippen MR) is 126 cm³/mol. The van der Waals surface area contributed by atoms with Gasteiger partial charge in [-0.3, -0.25) is 9.36 Å². The SMILES string of the molecule is Cc1ccc(-c2nnc(SCC(=O)N/N=C/c3ccccc3O)n2-c2ccccc2)cc1. The van der Waals surface area contributed by atoms with E-state index in [0.717, 1.165) is 16.8 Å². The number of benzene rings is 3. The number of rotatable bonds is 7. The molecule has 0 fully saturated rings. The first-order valence-corrected chi connectivity index (χ1v) is 10.9. The van der Waals surface area contributed by atoms with Crippen LogP contribution >= 0.6 is 11.8 Å². The smallest absolute Gasteiger partial charge is 0.250 e. The average molecular weight is 444 g/mol. The van der Waals surface area contributed by atoms with Crippen molar-refractivity contribution in [1.29, 1.82) is 0 Å². The number of phenolic OH excluding ortho intramolecular Hbond substituents is 1. The first-order chi connectivity index (χ1) is 15.6. The van der Waals surface area contributed by atoms with Crippen molar-refractivity contribution < 1.29 is 9.90 Å². The van der Waals surface area contributed by atoms with Crippen molar-refractivity contribution in [3.05, 3.63) is 90.0 Å². The number of nitrogens with one attached hydrogen (secondary N) is 1. The maximum Gasteiger partial charge on any atom is 0.250 e. The Morgan fingerprint density at radius 2 is 1.75 bits per heavy atom. The Morgan fingerprint density at radius 3 is 2.50 bits per heavy atom. The summed E-state index contributed by atoms with van der Waals surface area (Å²) in [5.41, 5.74) is 6.01. The maximum absolute atomic E-state index is 12.3. The van der Waals surface area contributed by atoms with E-state index >= 15 is 0 Å². The second-order valence-corrected chi connectivity index (χ2v) is 7.93. The van der Waals surface area contributed by atoms with Crippen LogP contribution in [0.4, 0.5) is 0 Å². The molecule has 160 valence electrons. The number of carbonyl (C=O) groups is 1. The van der Waals surface area contributed by atoms with E-state index < -0.39 is 0 Å². The van der Waals surface area contributed by atoms with Gasteiger partial charge in [0.2, 0.25) is 0 Å². The fourth-order valence-electron chi connectivity index (χ4n) is 3.00. The first kappa shape index (κ1) is 21.3. The number of hydrogen-bond acceptors (Lipinski definition) is 6. The number of nitrogens with zero attached hydrogens (tertiary/aromatic N) is 4. The molecule has 0 atom stereocenters. The summed E-state index contributed by atoms with van der Waals surface area (Å²) in [6.45, 7) is 2.03. The number of aromatic nitrogens is 3. The van der Waals surface area contributed by atoms with Gasteiger partial charge in [-0.15, -0.1) is 10.2 Å². The molecule has 0 aliphatic carbocycles. The molecule has 1 amide bonds. The summed E-state index contributed by atoms with van der Waals surface area (Å²) in [6, 6.07) is 24.6. The predicted octanol–water partition coefficient (Wildman–Crippen LogP) is 4.19. The summed E-state index contributed by atoms with van der Waals surface area (Å²) in [4.78, 5) is 12.3. The van der Waals surface area contributed by atoms with Crippen LogP contribution in [0.5, 0.6) is 5.75 Å². The molecule has 4 aromatic rings. The van der Waals surface area contributed by atoms with Crippen LogP contribution in [0.2, 0.25) is 0 Å². The average Bonchev–Trinajstić information content (AvgIpc) is 3.24. The maximum atomic E-state index is 12.3. The third-order valence-electron chi connectivity index (χ3n) is 4.62. The van der Waals surface area contributed by atoms with Gasteiger partial charge in [-0.1, -0.05) is 71.9 Å². The Kier molecular flexibility index (Phi) is 6.62. The zero-order valence-electron chi connectivity index (χ0n) is 17.3. The topological polar surface area (TPSA) is 92.4 Å². The van der Waals surface area contributed by atoms with Crippen LogP contribution in [-0.4, -0.2) is 37.7 Å². The number of hydrogen-bond donors (Lipinski definition) is 2. The molecule has 32 heavy (non-hydrogen) atoms. The highest BCUT2D eigenvalue weighted by molar-refractivity contribution is 7.99. The highest BCUT2D eigenvalue weighted by Crippen LogP contribution is 2.28. The molecule has 0 saturated heterocycles. The molecule has 0 unspecified atom stereocenters. The molecule has 1 aromatic heterocycles. The monoisotopic (exact) mass is 443 g/mol. The standard InChI is InChI=1S/C24H21N5O2S/c1-17-11-13-18(14-12-17)23-27-28-24(29(23)20-8-3-2-4-9-20)32-16-22(31)26-25-15-19-7-5-6-10-21(19)30/h2-15,30H,16H2,1H3,(H,26,31)/b25-15+. The minimum Gasteiger partial charge on any atom is -0.507 e. The molecule has 0 saturated carbocycles. The lowest BCUT2D eigenvalue weighted by molar-refractivity contribution is -0.118. The van der Waals surface area contributed by atoms with Crippen molar-refractivity contribution in [1.82, 2.24) is 20.2 Å². The Labute approximate surface area is 189 Å². The van der Waals surface area contributed by atoms with E-state index in [1.807, 2.05) is 66.1 Å². The molecule has 0 aliphatic heterocycles. The van der Waals surface area contributed by atoms with Crippen LogP contribution < -0.4 is 5.43 Å². The normalized spacial score (nSPS) is 11.0. The molecule has 0 radical (unpaired) electrons. The molecular weight excluding hydrogens is 422 g/mol. The van der Waals surface area contributed by atoms with Crippen molar-refractivity contribution in [3.8, 4) is 22.8 Å². The Bertz CT molecular complexity index is 1240. The van der Waals surface area contributed by atoms with Gasteiger partial charge in [0.15, 0.2) is 11.0 Å². The van der Waals surface area contributed by atoms with Gasteiger partial charge < -0.3 is 5.11 Å². The second-order valence-electron chi connectivity index (χ2n) is 6.98. The molecule has 1 heterocycles. The Balaban J connectivity index is 1.50. The molecular formula is C24H21N5O2S. The van der Waals surface area contributed by atoms with E-state index in [2.05, 4.69) is 20.7 Å². The summed E-state index contributed by atoms with van der Waals surface area (Å²) in [6.07, 6.45) is 1.40. The van der Waals surface area contributed by atoms with Gasteiger partial charge in [-0.25, -0.2) is 5.43 Å². The summed E-state index contributed by atoms with van der Waals surface area (Å²) >= 11 is 1.27. The number of amides is 1. The summed E-state index contributed by atoms with van der Waals surface area (Å²) in [7, 11) is 0. The van der Waals surface area contributed by atoms with E-state index in [0.29, 0.717) is 16.5 Å². The van der Waals surface area contributed by atoms with Gasteiger partial charge in [-0.2, -0.15) is 5.10 Å². The first-order valence-electron chi connectivity index (χ1n) is 9.92. The minimum absolute atomic E-state index is 0.0967. The number of aromatic hydroxyl groups is 1. The lowest BCUT2D eigenvalue weighted by Gasteiger charge is -2.10. The van der Waals surface area contributed by atoms with Crippen molar-refractivity contribution in [2.45, 2.75) is 12.1 Å². The Hall–Kier alpha value is -3.91. The molecule has 4 rings (SSSR count). The van der Waals surface area contributed by atoms with E-state index in [1.54, 1.807) is 24.3 Å². The third-order valence-corrected chi connectivity index (χ3v) is 5.55. The van der Waals surface area contributed by atoms with Crippen molar-refractivity contribution in [2.24, 2.45) is 5.10 Å². The van der Waals surface area contributed by atoms with Gasteiger partial charge in [0.05, 0.1) is 12.0 Å². The van der Waals surface area contributed by atoms with Crippen LogP contribution in [-0.2, 0) is 4.79 Å². The molecule has 7 nitrogen and oxygen atoms in total. The third kappa shape index (κ3) is 5.04. The number of phenols is 1. The lowest BCUT2D eigenvalue weighted by atomic mass is 10.1. The zero-order valence-corrected chi connectivity index (χ0v) is 18.2. The van der Waals surface area contributed by atoms with Crippen molar-refractivity contribution in [3.63, 3.8) is 0 Å². The van der Waals surface area contributed by atoms with E-state index in [4.69, 9.17) is 0 Å². The molecule has 2 N–H and O–H groups in total. The van der Waals surface area contributed by atoms with Crippen LogP contribution in [0.1, 0.15) is 11.1 Å². The minimum atomic E-state index is -0.291. The molecule has 0 aliphatic rings. The highest BCUT2D eigenvalue weighted by atomic mass is 32.2. The van der Waals surface area contributed by atoms with Crippen molar-refractivity contribution in [2.75, 3.05) is 5.75 Å². The second kappa shape index (κ2) is 9.93. The van der Waals surface area contributed by atoms with E-state index in [-0.39, 0.29) is 17.4 Å². The fourth-order valence-corrected chi connectivity index (χ4v) is 3.74. The molecule has 3 aromatic carbocycles. The molecule has 0 bridgehead atoms. The number of hydrazone groups is 1. The summed E-state index contributed by atoms with van der Waals surface area (Å²) < 4.78 is 1.94. The number of carbonyl (C=O) groups excluding carboxylic acids is 1. The van der Waals surface area contributed by atoms with Crippen LogP contribution in [0.3, 0.4) is 0 Å². The number of thioether (sulfide) groups is 1. The van der Waals surface area contributed by atoms with Crippen molar-refractivity contribution >= 4 is 23.9 Å². The fraction of sp³-hybridized carbons (Fsp3) is 0.0833. The van der Waals surface area contributed by atoms with Gasteiger partial charge in [0.25, 0.3) is 5.91 Å². The van der Waals surface area contributed by atoms with Gasteiger partial charge in [0, 0.05) is 16.8 Å². The lowest BCUT2D eigenvalue weighted by Crippen LogP contribution is -2.20. The number of para-hydroxylation sites is 2. The van der Waals surface area contributed by atoms with Crippen LogP contribution in [0, 0.1) is 6.92 Å².